The van der Waals surface area contributed by atoms with Crippen LogP contribution in [0.15, 0.2) is 323 Å². The molecule has 0 saturated heterocycles. The molecule has 19 heteroatoms. The van der Waals surface area contributed by atoms with Gasteiger partial charge in [-0.3, -0.25) is 17.6 Å². The quantitative estimate of drug-likeness (QED) is 0.129. The van der Waals surface area contributed by atoms with Crippen LogP contribution in [0.5, 0.6) is 0 Å². The first-order valence-electron chi connectivity index (χ1n) is 33.2. The Hall–Kier alpha value is -13.9. The summed E-state index contributed by atoms with van der Waals surface area (Å²) in [5.41, 5.74) is 16.4. The minimum Gasteiger partial charge on any atom is -0.276 e. The Morgan fingerprint density at radius 1 is 0.178 bits per heavy atom. The van der Waals surface area contributed by atoms with Gasteiger partial charge in [0.1, 0.15) is 0 Å². The first-order chi connectivity index (χ1) is 50.1. The number of para-hydroxylation sites is 16. The molecule has 0 N–H and O–H groups in total. The Kier molecular flexibility index (Phi) is 11.5. The number of rotatable bonds is 10. The fourth-order valence-electron chi connectivity index (χ4n) is 15.2. The van der Waals surface area contributed by atoms with E-state index in [0.717, 1.165) is 119 Å². The molecule has 0 spiro atoms. The molecule has 0 aliphatic heterocycles. The molecule has 0 aliphatic rings. The summed E-state index contributed by atoms with van der Waals surface area (Å²) in [5.74, 6) is 5.29. The molecule has 0 amide bonds. The van der Waals surface area contributed by atoms with Gasteiger partial charge in [0.05, 0.1) is 88.3 Å². The van der Waals surface area contributed by atoms with E-state index in [4.69, 9.17) is 49.8 Å². The first kappa shape index (κ1) is 55.2. The predicted octanol–water partition coefficient (Wildman–Crippen LogP) is 17.7. The van der Waals surface area contributed by atoms with Crippen molar-refractivity contribution in [1.29, 1.82) is 0 Å². The summed E-state index contributed by atoms with van der Waals surface area (Å²) in [6, 6.07) is 105. The van der Waals surface area contributed by atoms with Gasteiger partial charge in [0.25, 0.3) is 0 Å². The van der Waals surface area contributed by atoms with E-state index in [1.165, 1.54) is 0 Å². The molecular weight excluding hydrogens is 1270 g/mol. The van der Waals surface area contributed by atoms with Gasteiger partial charge in [-0.15, -0.1) is 10.0 Å². The third-order valence-electron chi connectivity index (χ3n) is 19.6. The summed E-state index contributed by atoms with van der Waals surface area (Å²) in [5, 5.41) is 0. The molecule has 22 aromatic rings. The molecule has 0 bridgehead atoms. The number of imidazole rings is 8. The number of nitrogens with zero attached hydrogens (tertiary/aromatic N) is 18. The van der Waals surface area contributed by atoms with E-state index in [2.05, 4.69) is 242 Å². The average molecular weight is 1320 g/mol. The van der Waals surface area contributed by atoms with E-state index in [1.54, 1.807) is 0 Å². The number of hydrogen-bond donors (Lipinski definition) is 0. The second kappa shape index (κ2) is 21.0. The van der Waals surface area contributed by atoms with E-state index in [-0.39, 0.29) is 0 Å². The molecule has 10 aromatic heterocycles. The largest absolute Gasteiger partial charge is 0.276 e. The molecule has 0 radical (unpaired) electrons. The van der Waals surface area contributed by atoms with Crippen LogP contribution in [-0.4, -0.2) is 85.7 Å². The maximum Gasteiger partial charge on any atom is 0.242 e. The van der Waals surface area contributed by atoms with Gasteiger partial charge in [-0.05, 0) is 146 Å². The van der Waals surface area contributed by atoms with E-state index in [9.17, 15) is 0 Å². The minimum atomic E-state index is -2.30. The van der Waals surface area contributed by atoms with Crippen molar-refractivity contribution in [1.82, 2.24) is 85.7 Å². The van der Waals surface area contributed by atoms with Gasteiger partial charge < -0.3 is 0 Å². The van der Waals surface area contributed by atoms with Crippen LogP contribution in [0.25, 0.3) is 158 Å². The van der Waals surface area contributed by atoms with Gasteiger partial charge in [0.2, 0.25) is 46.9 Å². The fourth-order valence-corrected chi connectivity index (χ4v) is 19.1. The van der Waals surface area contributed by atoms with Crippen LogP contribution in [0.1, 0.15) is 0 Å². The molecule has 474 valence electrons. The Labute approximate surface area is 573 Å². The third kappa shape index (κ3) is 7.87. The SMILES string of the molecule is c1ccc(S(c2ccccc2)(c2ccc(-c3nc(-n4c5ccccc5n5c6ccccc6nc45)nc(-n4c5ccccc5n5c6ccccc6nc45)n3)cc2)c2ccc(-c3nc(-n4c5ccccc5n5c6ccccc6nc45)nc(-n4c5ccccc5n5c6ccccc6nc45)n3)cc2)cc1. The highest BCUT2D eigenvalue weighted by atomic mass is 32.3. The monoisotopic (exact) mass is 1320 g/mol. The van der Waals surface area contributed by atoms with Gasteiger partial charge in [-0.1, -0.05) is 158 Å². The fraction of sp³-hybridized carbons (Fsp3) is 0. The molecule has 22 rings (SSSR count). The molecule has 0 unspecified atom stereocenters. The average Bonchev–Trinajstić information content (AvgIpc) is 1.68. The Bertz CT molecular complexity index is 6390. The summed E-state index contributed by atoms with van der Waals surface area (Å²) in [6.45, 7) is 0. The van der Waals surface area contributed by atoms with Crippen molar-refractivity contribution in [3.8, 4) is 46.6 Å². The van der Waals surface area contributed by atoms with E-state index < -0.39 is 10.0 Å². The second-order valence-corrected chi connectivity index (χ2v) is 28.2. The summed E-state index contributed by atoms with van der Waals surface area (Å²) < 4.78 is 16.9. The lowest BCUT2D eigenvalue weighted by Crippen LogP contribution is -2.11. The maximum absolute atomic E-state index is 5.48. The van der Waals surface area contributed by atoms with Crippen LogP contribution >= 0.6 is 10.0 Å². The molecular formula is C82H50N18S. The first-order valence-corrected chi connectivity index (χ1v) is 34.9. The summed E-state index contributed by atoms with van der Waals surface area (Å²) >= 11 is 0. The molecule has 0 aliphatic carbocycles. The predicted molar refractivity (Wildman–Crippen MR) is 396 cm³/mol. The van der Waals surface area contributed by atoms with Crippen molar-refractivity contribution in [2.75, 3.05) is 0 Å². The lowest BCUT2D eigenvalue weighted by Gasteiger charge is -2.42. The zero-order valence-corrected chi connectivity index (χ0v) is 54.1. The molecule has 101 heavy (non-hydrogen) atoms. The van der Waals surface area contributed by atoms with Crippen LogP contribution in [0, 0.1) is 0 Å². The van der Waals surface area contributed by atoms with Gasteiger partial charge >= 0.3 is 0 Å². The van der Waals surface area contributed by atoms with Gasteiger partial charge in [0.15, 0.2) is 11.6 Å². The van der Waals surface area contributed by atoms with Crippen molar-refractivity contribution in [3.05, 3.63) is 303 Å². The van der Waals surface area contributed by atoms with Crippen molar-refractivity contribution in [2.24, 2.45) is 0 Å². The number of benzene rings is 12. The van der Waals surface area contributed by atoms with Gasteiger partial charge in [-0.25, -0.2) is 38.2 Å². The number of aromatic nitrogens is 18. The lowest BCUT2D eigenvalue weighted by molar-refractivity contribution is 0.876. The Morgan fingerprint density at radius 3 is 0.663 bits per heavy atom. The van der Waals surface area contributed by atoms with E-state index in [1.807, 2.05) is 97.1 Å². The van der Waals surface area contributed by atoms with E-state index in [0.29, 0.717) is 58.6 Å². The van der Waals surface area contributed by atoms with Gasteiger partial charge in [0, 0.05) is 30.7 Å². The van der Waals surface area contributed by atoms with Crippen LogP contribution in [0.4, 0.5) is 0 Å². The third-order valence-corrected chi connectivity index (χ3v) is 23.5. The molecule has 0 atom stereocenters. The molecule has 0 saturated carbocycles. The highest BCUT2D eigenvalue weighted by Gasteiger charge is 2.35. The van der Waals surface area contributed by atoms with Crippen molar-refractivity contribution >= 4 is 121 Å². The number of fused-ring (bicyclic) bond motifs is 20. The molecule has 0 fully saturated rings. The lowest BCUT2D eigenvalue weighted by atomic mass is 10.2. The minimum absolute atomic E-state index is 0.406. The maximum atomic E-state index is 5.48. The van der Waals surface area contributed by atoms with Crippen molar-refractivity contribution < 1.29 is 0 Å². The molecule has 18 nitrogen and oxygen atoms in total. The van der Waals surface area contributed by atoms with Crippen molar-refractivity contribution in [2.45, 2.75) is 19.6 Å². The topological polar surface area (TPSA) is 166 Å². The highest BCUT2D eigenvalue weighted by Crippen LogP contribution is 2.73. The zero-order chi connectivity index (χ0) is 66.0. The summed E-state index contributed by atoms with van der Waals surface area (Å²) in [7, 11) is -2.30. The standard InChI is InChI=1S/C82H50N18S/c1-3-23-53(24-4-1)101(54-25-5-2-6-26-54,55-47-43-51(44-48-55)73-87-75(97-69-39-19-15-35-65(69)93-61-31-11-7-27-57(61)83-79(93)97)91-76(88-73)98-70-40-20-16-36-66(70)94-62-32-12-8-28-58(62)84-80(94)98)56-49-45-52(46-50-56)74-89-77(99-71-41-21-17-37-67(71)95-63-33-13-9-29-59(63)85-81(95)99)92-78(90-74)100-72-42-22-18-38-68(72)96-64-34-14-10-30-60(64)86-82(96)100/h1-50H. The van der Waals surface area contributed by atoms with Gasteiger partial charge in [-0.2, -0.15) is 29.9 Å². The Morgan fingerprint density at radius 2 is 0.396 bits per heavy atom. The highest BCUT2D eigenvalue weighted by molar-refractivity contribution is 8.34. The summed E-state index contributed by atoms with van der Waals surface area (Å²) in [4.78, 5) is 58.4. The number of hydrogen-bond acceptors (Lipinski definition) is 10. The van der Waals surface area contributed by atoms with E-state index >= 15 is 0 Å². The van der Waals surface area contributed by atoms with Crippen LogP contribution < -0.4 is 0 Å². The molecule has 10 heterocycles. The Balaban J connectivity index is 0.743. The smallest absolute Gasteiger partial charge is 0.242 e. The van der Waals surface area contributed by atoms with Crippen LogP contribution in [0.3, 0.4) is 0 Å². The summed E-state index contributed by atoms with van der Waals surface area (Å²) in [6.07, 6.45) is 0. The normalized spacial score (nSPS) is 12.5. The second-order valence-electron chi connectivity index (χ2n) is 25.0. The van der Waals surface area contributed by atoms with Crippen LogP contribution in [-0.2, 0) is 0 Å². The zero-order valence-electron chi connectivity index (χ0n) is 53.3. The molecule has 12 aromatic carbocycles. The van der Waals surface area contributed by atoms with Crippen LogP contribution in [0.2, 0.25) is 0 Å². The van der Waals surface area contributed by atoms with Crippen molar-refractivity contribution in [3.63, 3.8) is 0 Å².